The molecule has 0 spiro atoms. The molecular weight excluding hydrogens is 685 g/mol. The fourth-order valence-electron chi connectivity index (χ4n) is 6.41. The van der Waals surface area contributed by atoms with E-state index < -0.39 is 34.1 Å². The van der Waals surface area contributed by atoms with Gasteiger partial charge >= 0.3 is 238 Å². The molecule has 1 unspecified atom stereocenters. The molecule has 48 heavy (non-hydrogen) atoms. The third-order valence-electron chi connectivity index (χ3n) is 9.25. The molecule has 0 saturated carbocycles. The molecule has 15 heteroatoms. The summed E-state index contributed by atoms with van der Waals surface area (Å²) in [5.41, 5.74) is 1.59. The van der Waals surface area contributed by atoms with Crippen LogP contribution in [-0.2, 0) is 14.3 Å². The second-order valence-corrected chi connectivity index (χ2v) is 14.6. The summed E-state index contributed by atoms with van der Waals surface area (Å²) < 4.78 is 42.7. The van der Waals surface area contributed by atoms with Gasteiger partial charge in [-0.3, -0.25) is 9.59 Å². The fraction of sp³-hybridized carbons (Fsp3) is 0.455. The number of halogens is 2. The zero-order valence-electron chi connectivity index (χ0n) is 26.1. The van der Waals surface area contributed by atoms with Crippen LogP contribution in [-0.4, -0.2) is 129 Å². The normalized spacial score (nSPS) is 23.6. The number of alkyl halides is 1. The van der Waals surface area contributed by atoms with Gasteiger partial charge in [-0.25, -0.2) is 0 Å². The number of piperidine rings is 1. The number of aromatic nitrogens is 3. The first-order chi connectivity index (χ1) is 23.3. The van der Waals surface area contributed by atoms with Crippen molar-refractivity contribution >= 4 is 42.2 Å². The zero-order chi connectivity index (χ0) is 33.2. The van der Waals surface area contributed by atoms with Crippen LogP contribution in [0, 0.1) is 17.1 Å². The summed E-state index contributed by atoms with van der Waals surface area (Å²) in [6.07, 6.45) is 0.00978. The molecule has 2 aromatic carbocycles. The van der Waals surface area contributed by atoms with Gasteiger partial charge in [-0.05, 0) is 6.42 Å². The predicted octanol–water partition coefficient (Wildman–Crippen LogP) is 0.322. The van der Waals surface area contributed by atoms with Crippen molar-refractivity contribution in [1.29, 1.82) is 5.26 Å². The van der Waals surface area contributed by atoms with Crippen LogP contribution in [0.2, 0.25) is 0 Å². The summed E-state index contributed by atoms with van der Waals surface area (Å²) in [7, 11) is 0. The third-order valence-corrected chi connectivity index (χ3v) is 11.4. The Labute approximate surface area is 283 Å². The van der Waals surface area contributed by atoms with Crippen LogP contribution < -0.4 is 23.9 Å². The van der Waals surface area contributed by atoms with E-state index in [-0.39, 0.29) is 54.9 Å². The van der Waals surface area contributed by atoms with Crippen molar-refractivity contribution in [2.24, 2.45) is 0 Å². The van der Waals surface area contributed by atoms with Crippen LogP contribution in [0.3, 0.4) is 0 Å². The third kappa shape index (κ3) is 6.99. The van der Waals surface area contributed by atoms with Gasteiger partial charge in [-0.15, -0.1) is 0 Å². The number of piperazine rings is 1. The molecule has 0 bridgehead atoms. The van der Waals surface area contributed by atoms with Crippen molar-refractivity contribution in [3.8, 4) is 23.2 Å². The molecule has 4 aliphatic heterocycles. The second-order valence-electron chi connectivity index (χ2n) is 12.3. The van der Waals surface area contributed by atoms with Crippen molar-refractivity contribution in [1.82, 2.24) is 30.1 Å². The Hall–Kier alpha value is -4.18. The average Bonchev–Trinajstić information content (AvgIpc) is 3.52. The number of nitrogens with zero attached hydrogens (tertiary/aromatic N) is 7. The van der Waals surface area contributed by atoms with E-state index in [0.717, 1.165) is 45.1 Å². The maximum atomic E-state index is 15.3. The van der Waals surface area contributed by atoms with Gasteiger partial charge in [0.15, 0.2) is 0 Å². The van der Waals surface area contributed by atoms with Crippen LogP contribution in [0.5, 0.6) is 5.75 Å². The van der Waals surface area contributed by atoms with Crippen molar-refractivity contribution in [3.05, 3.63) is 54.1 Å². The number of likely N-dealkylation sites (tertiary alicyclic amines) is 1. The number of carbonyl (C=O) groups is 2. The molecule has 7 rings (SSSR count). The molecule has 12 nitrogen and oxygen atoms in total. The Bertz CT molecular complexity index is 1730. The standard InChI is InChI=1S/C33H34AsF2N8O4/c35-25-14-22(42-9-11-43(12-10-42)23-17-47-18-23)2-3-24(25)34-33-39-19-38-31(41-33)20-1-5-28(21(13-20)15-37)48-29-7-8-44(16-26(29)36)32(46)27-4-6-30(45)40-27/h1-3,5,13-14,19,23,26-27,29H,4,6-12,16-18H2,(H,40,45)/t26-,27?,29+/m1/s1. The number of benzene rings is 2. The number of ether oxygens (including phenoxy) is 2. The quantitative estimate of drug-likeness (QED) is 0.325. The van der Waals surface area contributed by atoms with Crippen molar-refractivity contribution in [2.45, 2.75) is 43.6 Å². The topological polar surface area (TPSA) is 137 Å². The van der Waals surface area contributed by atoms with Gasteiger partial charge in [0.1, 0.15) is 6.04 Å². The van der Waals surface area contributed by atoms with Gasteiger partial charge < -0.3 is 5.32 Å². The second kappa shape index (κ2) is 14.1. The Morgan fingerprint density at radius 1 is 1.08 bits per heavy atom. The Morgan fingerprint density at radius 3 is 2.60 bits per heavy atom. The molecule has 5 heterocycles. The molecule has 0 aliphatic carbocycles. The van der Waals surface area contributed by atoms with Crippen LogP contribution in [0.4, 0.5) is 14.5 Å². The van der Waals surface area contributed by atoms with Crippen LogP contribution in [0.25, 0.3) is 11.4 Å². The summed E-state index contributed by atoms with van der Waals surface area (Å²) >= 11 is -0.873. The number of hydrogen-bond donors (Lipinski definition) is 1. The number of rotatable bonds is 8. The minimum absolute atomic E-state index is 0.150. The maximum absolute atomic E-state index is 15.3. The molecule has 4 saturated heterocycles. The van der Waals surface area contributed by atoms with E-state index in [1.54, 1.807) is 24.3 Å². The average molecular weight is 720 g/mol. The van der Waals surface area contributed by atoms with Gasteiger partial charge in [0, 0.05) is 6.42 Å². The Kier molecular flexibility index (Phi) is 9.52. The first kappa shape index (κ1) is 32.4. The van der Waals surface area contributed by atoms with Gasteiger partial charge in [-0.1, -0.05) is 0 Å². The molecular formula is C33H34AsF2N8O4. The summed E-state index contributed by atoms with van der Waals surface area (Å²) in [6, 6.07) is 12.2. The summed E-state index contributed by atoms with van der Waals surface area (Å²) in [5, 5.41) is 12.5. The van der Waals surface area contributed by atoms with E-state index in [9.17, 15) is 14.9 Å². The fourth-order valence-corrected chi connectivity index (χ4v) is 8.07. The van der Waals surface area contributed by atoms with Crippen LogP contribution in [0.1, 0.15) is 24.8 Å². The summed E-state index contributed by atoms with van der Waals surface area (Å²) in [5.74, 6) is -0.196. The Balaban J connectivity index is 0.974. The minimum atomic E-state index is -1.47. The van der Waals surface area contributed by atoms with Gasteiger partial charge in [0.2, 0.25) is 11.8 Å². The van der Waals surface area contributed by atoms with E-state index in [2.05, 4.69) is 36.1 Å². The molecule has 4 fully saturated rings. The first-order valence-corrected chi connectivity index (χ1v) is 17.9. The van der Waals surface area contributed by atoms with Crippen LogP contribution >= 0.6 is 0 Å². The monoisotopic (exact) mass is 719 g/mol. The predicted molar refractivity (Wildman–Crippen MR) is 171 cm³/mol. The number of nitriles is 1. The van der Waals surface area contributed by atoms with E-state index >= 15 is 8.78 Å². The molecule has 3 aromatic rings. The molecule has 4 aliphatic rings. The Morgan fingerprint density at radius 2 is 1.92 bits per heavy atom. The molecule has 1 aromatic heterocycles. The first-order valence-electron chi connectivity index (χ1n) is 16.0. The SMILES string of the molecule is N#Cc1cc(-c2ncnc([As]c3ccc(N4CCN(C5COC5)CC4)cc3F)n2)ccc1O[C@H]1CCN(C(=O)C2CCC(=O)N2)C[C@H]1F. The van der Waals surface area contributed by atoms with E-state index in [4.69, 9.17) is 9.47 Å². The molecule has 1 N–H and O–H groups in total. The van der Waals surface area contributed by atoms with Gasteiger partial charge in [0.25, 0.3) is 0 Å². The number of anilines is 1. The van der Waals surface area contributed by atoms with E-state index in [1.807, 2.05) is 12.1 Å². The number of nitrogens with one attached hydrogen (secondary N) is 1. The van der Waals surface area contributed by atoms with E-state index in [0.29, 0.717) is 32.8 Å². The summed E-state index contributed by atoms with van der Waals surface area (Å²) in [4.78, 5) is 43.4. The van der Waals surface area contributed by atoms with Gasteiger partial charge in [-0.2, -0.15) is 0 Å². The van der Waals surface area contributed by atoms with Gasteiger partial charge in [0.05, 0.1) is 0 Å². The number of hydrogen-bond acceptors (Lipinski definition) is 10. The summed E-state index contributed by atoms with van der Waals surface area (Å²) in [6.45, 7) is 5.25. The molecule has 2 amide bonds. The van der Waals surface area contributed by atoms with Crippen molar-refractivity contribution in [3.63, 3.8) is 0 Å². The van der Waals surface area contributed by atoms with E-state index in [1.165, 1.54) is 11.2 Å². The molecule has 1 radical (unpaired) electrons. The number of carbonyl (C=O) groups excluding carboxylic acids is 2. The zero-order valence-corrected chi connectivity index (χ0v) is 28.0. The molecule has 249 valence electrons. The molecule has 3 atom stereocenters. The van der Waals surface area contributed by atoms with Crippen LogP contribution in [0.15, 0.2) is 42.7 Å². The van der Waals surface area contributed by atoms with Crippen molar-refractivity contribution < 1.29 is 27.8 Å². The number of amides is 2. The van der Waals surface area contributed by atoms with Crippen molar-refractivity contribution in [2.75, 3.05) is 57.4 Å².